The van der Waals surface area contributed by atoms with Crippen molar-refractivity contribution in [1.29, 1.82) is 0 Å². The van der Waals surface area contributed by atoms with E-state index in [1.165, 1.54) is 43.6 Å². The zero-order valence-corrected chi connectivity index (χ0v) is 13.2. The van der Waals surface area contributed by atoms with Crippen LogP contribution in [-0.4, -0.2) is 18.1 Å². The third kappa shape index (κ3) is 14.2. The van der Waals surface area contributed by atoms with Crippen molar-refractivity contribution in [2.24, 2.45) is 11.3 Å². The molecule has 0 aromatic heterocycles. The Kier molecular flexibility index (Phi) is 10.4. The number of hydrogen-bond acceptors (Lipinski definition) is 1. The van der Waals surface area contributed by atoms with E-state index in [-0.39, 0.29) is 0 Å². The summed E-state index contributed by atoms with van der Waals surface area (Å²) in [4.78, 5) is 0. The minimum Gasteiger partial charge on any atom is -0.258 e. The average molecular weight is 258 g/mol. The minimum absolute atomic E-state index is 0.486. The van der Waals surface area contributed by atoms with Gasteiger partial charge in [0.15, 0.2) is 0 Å². The Balaban J connectivity index is 3.22. The summed E-state index contributed by atoms with van der Waals surface area (Å²) in [6.07, 6.45) is 7.73. The van der Waals surface area contributed by atoms with Crippen molar-refractivity contribution < 1.29 is 0 Å². The fraction of sp³-hybridized carbons (Fsp3) is 1.00. The van der Waals surface area contributed by atoms with Gasteiger partial charge in [-0.1, -0.05) is 40.5 Å². The summed E-state index contributed by atoms with van der Waals surface area (Å²) in [5.74, 6) is 3.52. The molecule has 0 fully saturated rings. The van der Waals surface area contributed by atoms with E-state index in [1.807, 2.05) is 0 Å². The van der Waals surface area contributed by atoms with E-state index >= 15 is 0 Å². The Hall–Kier alpha value is 0.310. The molecule has 0 aliphatic heterocycles. The molecule has 103 valence electrons. The van der Waals surface area contributed by atoms with Crippen LogP contribution in [0.15, 0.2) is 0 Å². The highest BCUT2D eigenvalue weighted by molar-refractivity contribution is 7.99. The van der Waals surface area contributed by atoms with Crippen LogP contribution in [0.2, 0.25) is 0 Å². The number of hydrogen-bond donors (Lipinski definition) is 0. The predicted octanol–water partition coefficient (Wildman–Crippen LogP) is 5.03. The molecule has 0 amide bonds. The molecule has 0 saturated heterocycles. The van der Waals surface area contributed by atoms with Crippen molar-refractivity contribution >= 4 is 11.8 Å². The Morgan fingerprint density at radius 1 is 1.00 bits per heavy atom. The summed E-state index contributed by atoms with van der Waals surface area (Å²) >= 11 is 2.12. The Morgan fingerprint density at radius 3 is 2.24 bits per heavy atom. The maximum absolute atomic E-state index is 7.06. The lowest BCUT2D eigenvalue weighted by Crippen LogP contribution is -2.11. The van der Waals surface area contributed by atoms with Gasteiger partial charge in [-0.15, -0.1) is 0 Å². The normalized spacial score (nSPS) is 13.9. The van der Waals surface area contributed by atoms with Gasteiger partial charge in [0.05, 0.1) is 0 Å². The molecule has 0 bridgehead atoms. The lowest BCUT2D eigenvalue weighted by Gasteiger charge is -2.23. The first kappa shape index (κ1) is 17.3. The first-order valence-electron chi connectivity index (χ1n) is 7.18. The quantitative estimate of drug-likeness (QED) is 0.504. The van der Waals surface area contributed by atoms with Crippen molar-refractivity contribution in [1.82, 2.24) is 5.73 Å². The standard InChI is InChI=1S/C15H32NS/c1-14(13-15(2,3)4)9-12-17-11-8-6-5-7-10-16/h14,16H,5-13H2,1-4H3. The topological polar surface area (TPSA) is 23.8 Å². The van der Waals surface area contributed by atoms with Crippen LogP contribution in [0.1, 0.15) is 66.2 Å². The fourth-order valence-electron chi connectivity index (χ4n) is 2.22. The molecule has 0 aromatic rings. The van der Waals surface area contributed by atoms with E-state index in [2.05, 4.69) is 39.5 Å². The lowest BCUT2D eigenvalue weighted by atomic mass is 9.84. The second kappa shape index (κ2) is 10.3. The van der Waals surface area contributed by atoms with Crippen molar-refractivity contribution in [2.45, 2.75) is 66.2 Å². The van der Waals surface area contributed by atoms with Crippen LogP contribution >= 0.6 is 11.8 Å². The number of nitrogens with one attached hydrogen (secondary N) is 1. The Bertz CT molecular complexity index is 163. The smallest absolute Gasteiger partial charge is 0.00997 e. The van der Waals surface area contributed by atoms with Gasteiger partial charge >= 0.3 is 0 Å². The zero-order chi connectivity index (χ0) is 13.1. The number of thioether (sulfide) groups is 1. The van der Waals surface area contributed by atoms with Gasteiger partial charge in [-0.2, -0.15) is 11.8 Å². The van der Waals surface area contributed by atoms with Crippen LogP contribution in [0.3, 0.4) is 0 Å². The maximum Gasteiger partial charge on any atom is 0.00997 e. The first-order chi connectivity index (χ1) is 7.95. The molecule has 1 atom stereocenters. The van der Waals surface area contributed by atoms with E-state index in [0.29, 0.717) is 12.0 Å². The van der Waals surface area contributed by atoms with Gasteiger partial charge in [0, 0.05) is 6.54 Å². The molecule has 0 aliphatic carbocycles. The van der Waals surface area contributed by atoms with Crippen molar-refractivity contribution in [3.05, 3.63) is 0 Å². The van der Waals surface area contributed by atoms with Crippen molar-refractivity contribution in [2.75, 3.05) is 18.1 Å². The van der Waals surface area contributed by atoms with E-state index < -0.39 is 0 Å². The van der Waals surface area contributed by atoms with Crippen molar-refractivity contribution in [3.8, 4) is 0 Å². The van der Waals surface area contributed by atoms with Crippen LogP contribution in [0.4, 0.5) is 0 Å². The summed E-state index contributed by atoms with van der Waals surface area (Å²) in [6.45, 7) is 10.0. The monoisotopic (exact) mass is 258 g/mol. The van der Waals surface area contributed by atoms with Gasteiger partial charge in [0.1, 0.15) is 0 Å². The largest absolute Gasteiger partial charge is 0.258 e. The maximum atomic E-state index is 7.06. The summed E-state index contributed by atoms with van der Waals surface area (Å²) in [6, 6.07) is 0. The molecule has 0 spiro atoms. The van der Waals surface area contributed by atoms with E-state index in [4.69, 9.17) is 5.73 Å². The molecule has 1 radical (unpaired) electrons. The highest BCUT2D eigenvalue weighted by atomic mass is 32.2. The van der Waals surface area contributed by atoms with Gasteiger partial charge in [0.2, 0.25) is 0 Å². The third-order valence-corrected chi connectivity index (χ3v) is 4.03. The van der Waals surface area contributed by atoms with Crippen molar-refractivity contribution in [3.63, 3.8) is 0 Å². The molecule has 1 unspecified atom stereocenters. The molecule has 2 heteroatoms. The average Bonchev–Trinajstić information content (AvgIpc) is 2.19. The molecule has 0 aliphatic rings. The molecule has 0 heterocycles. The zero-order valence-electron chi connectivity index (χ0n) is 12.3. The molecule has 1 nitrogen and oxygen atoms in total. The molecule has 0 saturated carbocycles. The summed E-state index contributed by atoms with van der Waals surface area (Å²) < 4.78 is 0. The second-order valence-corrected chi connectivity index (χ2v) is 7.66. The highest BCUT2D eigenvalue weighted by Gasteiger charge is 2.14. The summed E-state index contributed by atoms with van der Waals surface area (Å²) in [5, 5.41) is 0. The predicted molar refractivity (Wildman–Crippen MR) is 81.6 cm³/mol. The van der Waals surface area contributed by atoms with Crippen LogP contribution in [0, 0.1) is 11.3 Å². The molecule has 1 N–H and O–H groups in total. The van der Waals surface area contributed by atoms with Gasteiger partial charge in [-0.05, 0) is 48.5 Å². The molecular weight excluding hydrogens is 226 g/mol. The summed E-state index contributed by atoms with van der Waals surface area (Å²) in [5.41, 5.74) is 7.55. The SMILES string of the molecule is CC(CCSCCCCCC[NH])CC(C)(C)C. The number of rotatable bonds is 10. The van der Waals surface area contributed by atoms with Gasteiger partial charge in [-0.25, -0.2) is 0 Å². The molecule has 17 heavy (non-hydrogen) atoms. The van der Waals surface area contributed by atoms with Crippen LogP contribution < -0.4 is 5.73 Å². The first-order valence-corrected chi connectivity index (χ1v) is 8.33. The van der Waals surface area contributed by atoms with E-state index in [9.17, 15) is 0 Å². The van der Waals surface area contributed by atoms with Gasteiger partial charge in [0.25, 0.3) is 0 Å². The third-order valence-electron chi connectivity index (χ3n) is 2.93. The molecule has 0 aromatic carbocycles. The van der Waals surface area contributed by atoms with E-state index in [0.717, 1.165) is 12.3 Å². The second-order valence-electron chi connectivity index (χ2n) is 6.44. The van der Waals surface area contributed by atoms with Crippen LogP contribution in [-0.2, 0) is 0 Å². The fourth-order valence-corrected chi connectivity index (χ4v) is 3.40. The minimum atomic E-state index is 0.486. The Labute approximate surface area is 113 Å². The van der Waals surface area contributed by atoms with Gasteiger partial charge < -0.3 is 0 Å². The van der Waals surface area contributed by atoms with Crippen LogP contribution in [0.5, 0.6) is 0 Å². The highest BCUT2D eigenvalue weighted by Crippen LogP contribution is 2.26. The Morgan fingerprint density at radius 2 is 1.65 bits per heavy atom. The van der Waals surface area contributed by atoms with Gasteiger partial charge in [-0.3, -0.25) is 5.73 Å². The molecule has 0 rings (SSSR count). The lowest BCUT2D eigenvalue weighted by molar-refractivity contribution is 0.303. The molecular formula is C15H32NS. The van der Waals surface area contributed by atoms with Crippen LogP contribution in [0.25, 0.3) is 0 Å². The number of unbranched alkanes of at least 4 members (excludes halogenated alkanes) is 3. The van der Waals surface area contributed by atoms with E-state index in [1.54, 1.807) is 0 Å². The summed E-state index contributed by atoms with van der Waals surface area (Å²) in [7, 11) is 0.